The van der Waals surface area contributed by atoms with E-state index in [2.05, 4.69) is 15.9 Å². The van der Waals surface area contributed by atoms with Gasteiger partial charge in [-0.05, 0) is 39.7 Å². The third-order valence-corrected chi connectivity index (χ3v) is 3.31. The van der Waals surface area contributed by atoms with Gasteiger partial charge in [0.05, 0.1) is 12.4 Å². The second-order valence-electron chi connectivity index (χ2n) is 3.61. The van der Waals surface area contributed by atoms with Crippen molar-refractivity contribution < 1.29 is 13.9 Å². The first-order chi connectivity index (χ1) is 8.08. The smallest absolute Gasteiger partial charge is 0.174 e. The van der Waals surface area contributed by atoms with Crippen molar-refractivity contribution in [1.82, 2.24) is 0 Å². The summed E-state index contributed by atoms with van der Waals surface area (Å²) in [5, 5.41) is 10.3. The van der Waals surface area contributed by atoms with Crippen molar-refractivity contribution in [3.63, 3.8) is 0 Å². The van der Waals surface area contributed by atoms with E-state index >= 15 is 0 Å². The molecule has 0 bridgehead atoms. The second kappa shape index (κ2) is 5.21. The maximum Gasteiger partial charge on any atom is 0.174 e. The number of halogens is 3. The zero-order valence-corrected chi connectivity index (χ0v) is 11.0. The SMILES string of the molecule is OC(Cc1ccc(Cl)cc1F)c1ccoc1Br. The Balaban J connectivity index is 2.19. The Hall–Kier alpha value is -0.840. The van der Waals surface area contributed by atoms with E-state index in [1.807, 2.05) is 0 Å². The molecule has 0 saturated heterocycles. The third kappa shape index (κ3) is 2.89. The summed E-state index contributed by atoms with van der Waals surface area (Å²) in [4.78, 5) is 0. The van der Waals surface area contributed by atoms with Crippen LogP contribution in [0.15, 0.2) is 39.6 Å². The van der Waals surface area contributed by atoms with E-state index in [4.69, 9.17) is 16.0 Å². The van der Waals surface area contributed by atoms with Gasteiger partial charge in [-0.2, -0.15) is 0 Å². The summed E-state index contributed by atoms with van der Waals surface area (Å²) in [5.74, 6) is -0.420. The first-order valence-electron chi connectivity index (χ1n) is 4.93. The normalized spacial score (nSPS) is 12.7. The minimum Gasteiger partial charge on any atom is -0.457 e. The van der Waals surface area contributed by atoms with E-state index in [9.17, 15) is 9.50 Å². The molecular weight excluding hydrogens is 310 g/mol. The number of benzene rings is 1. The van der Waals surface area contributed by atoms with Crippen LogP contribution in [0.25, 0.3) is 0 Å². The molecule has 2 nitrogen and oxygen atoms in total. The topological polar surface area (TPSA) is 33.4 Å². The predicted molar refractivity (Wildman–Crippen MR) is 66.5 cm³/mol. The van der Waals surface area contributed by atoms with Crippen LogP contribution < -0.4 is 0 Å². The highest BCUT2D eigenvalue weighted by Crippen LogP contribution is 2.28. The summed E-state index contributed by atoms with van der Waals surface area (Å²) in [6, 6.07) is 6.03. The molecule has 5 heteroatoms. The molecule has 2 rings (SSSR count). The van der Waals surface area contributed by atoms with Crippen molar-refractivity contribution in [2.45, 2.75) is 12.5 Å². The molecule has 1 atom stereocenters. The van der Waals surface area contributed by atoms with Crippen LogP contribution in [-0.2, 0) is 6.42 Å². The number of aliphatic hydroxyl groups excluding tert-OH is 1. The van der Waals surface area contributed by atoms with Crippen molar-refractivity contribution in [1.29, 1.82) is 0 Å². The lowest BCUT2D eigenvalue weighted by Gasteiger charge is -2.10. The van der Waals surface area contributed by atoms with E-state index in [-0.39, 0.29) is 6.42 Å². The van der Waals surface area contributed by atoms with Gasteiger partial charge in [0, 0.05) is 17.0 Å². The summed E-state index contributed by atoms with van der Waals surface area (Å²) in [7, 11) is 0. The van der Waals surface area contributed by atoms with Gasteiger partial charge in [-0.25, -0.2) is 4.39 Å². The van der Waals surface area contributed by atoms with Crippen LogP contribution in [-0.4, -0.2) is 5.11 Å². The van der Waals surface area contributed by atoms with Gasteiger partial charge in [0.25, 0.3) is 0 Å². The van der Waals surface area contributed by atoms with Gasteiger partial charge < -0.3 is 9.52 Å². The molecule has 0 spiro atoms. The van der Waals surface area contributed by atoms with E-state index < -0.39 is 11.9 Å². The van der Waals surface area contributed by atoms with Crippen molar-refractivity contribution in [2.24, 2.45) is 0 Å². The number of hydrogen-bond acceptors (Lipinski definition) is 2. The monoisotopic (exact) mass is 318 g/mol. The van der Waals surface area contributed by atoms with Gasteiger partial charge in [-0.15, -0.1) is 0 Å². The third-order valence-electron chi connectivity index (χ3n) is 2.43. The van der Waals surface area contributed by atoms with Gasteiger partial charge in [-0.3, -0.25) is 0 Å². The van der Waals surface area contributed by atoms with Gasteiger partial charge in [0.1, 0.15) is 5.82 Å². The molecule has 0 amide bonds. The first kappa shape index (κ1) is 12.6. The molecule has 0 saturated carbocycles. The summed E-state index contributed by atoms with van der Waals surface area (Å²) in [5.41, 5.74) is 1.01. The summed E-state index contributed by atoms with van der Waals surface area (Å²) in [6.07, 6.45) is 0.806. The molecule has 0 fully saturated rings. The van der Waals surface area contributed by atoms with Crippen LogP contribution in [0.5, 0.6) is 0 Å². The lowest BCUT2D eigenvalue weighted by molar-refractivity contribution is 0.175. The van der Waals surface area contributed by atoms with E-state index in [0.717, 1.165) is 0 Å². The number of hydrogen-bond donors (Lipinski definition) is 1. The molecule has 0 radical (unpaired) electrons. The van der Waals surface area contributed by atoms with Crippen molar-refractivity contribution >= 4 is 27.5 Å². The molecule has 1 N–H and O–H groups in total. The van der Waals surface area contributed by atoms with Crippen LogP contribution in [0, 0.1) is 5.82 Å². The summed E-state index contributed by atoms with van der Waals surface area (Å²) >= 11 is 8.82. The Kier molecular flexibility index (Phi) is 3.86. The zero-order chi connectivity index (χ0) is 12.4. The van der Waals surface area contributed by atoms with Crippen LogP contribution in [0.4, 0.5) is 4.39 Å². The molecule has 1 heterocycles. The second-order valence-corrected chi connectivity index (χ2v) is 4.76. The highest BCUT2D eigenvalue weighted by atomic mass is 79.9. The van der Waals surface area contributed by atoms with Gasteiger partial charge >= 0.3 is 0 Å². The standard InChI is InChI=1S/C12H9BrClFO2/c13-12-9(3-4-17-12)11(16)5-7-1-2-8(14)6-10(7)15/h1-4,6,11,16H,5H2. The number of aliphatic hydroxyl groups is 1. The van der Waals surface area contributed by atoms with Gasteiger partial charge in [-0.1, -0.05) is 17.7 Å². The fourth-order valence-corrected chi connectivity index (χ4v) is 2.21. The van der Waals surface area contributed by atoms with Crippen LogP contribution in [0.1, 0.15) is 17.2 Å². The van der Waals surface area contributed by atoms with Gasteiger partial charge in [0.15, 0.2) is 4.67 Å². The first-order valence-corrected chi connectivity index (χ1v) is 6.10. The lowest BCUT2D eigenvalue weighted by atomic mass is 10.0. The Morgan fingerprint density at radius 2 is 2.18 bits per heavy atom. The quantitative estimate of drug-likeness (QED) is 0.923. The fraction of sp³-hybridized carbons (Fsp3) is 0.167. The van der Waals surface area contributed by atoms with Crippen LogP contribution >= 0.6 is 27.5 Å². The fourth-order valence-electron chi connectivity index (χ4n) is 1.55. The Morgan fingerprint density at radius 3 is 2.76 bits per heavy atom. The molecule has 17 heavy (non-hydrogen) atoms. The number of rotatable bonds is 3. The van der Waals surface area contributed by atoms with Crippen LogP contribution in [0.3, 0.4) is 0 Å². The van der Waals surface area contributed by atoms with E-state index in [0.29, 0.717) is 20.8 Å². The molecule has 1 unspecified atom stereocenters. The van der Waals surface area contributed by atoms with E-state index in [1.165, 1.54) is 12.3 Å². The minimum absolute atomic E-state index is 0.168. The number of furan rings is 1. The zero-order valence-electron chi connectivity index (χ0n) is 8.66. The average molecular weight is 320 g/mol. The molecule has 1 aromatic carbocycles. The van der Waals surface area contributed by atoms with Gasteiger partial charge in [0.2, 0.25) is 0 Å². The van der Waals surface area contributed by atoms with Crippen LogP contribution in [0.2, 0.25) is 5.02 Å². The largest absolute Gasteiger partial charge is 0.457 e. The highest BCUT2D eigenvalue weighted by molar-refractivity contribution is 9.10. The molecule has 2 aromatic rings. The predicted octanol–water partition coefficient (Wildman–Crippen LogP) is 4.11. The van der Waals surface area contributed by atoms with Crippen molar-refractivity contribution in [2.75, 3.05) is 0 Å². The molecule has 0 aliphatic carbocycles. The highest BCUT2D eigenvalue weighted by Gasteiger charge is 2.16. The van der Waals surface area contributed by atoms with E-state index in [1.54, 1.807) is 18.2 Å². The maximum absolute atomic E-state index is 13.5. The average Bonchev–Trinajstić information content (AvgIpc) is 2.68. The molecule has 90 valence electrons. The Morgan fingerprint density at radius 1 is 1.41 bits per heavy atom. The molecular formula is C12H9BrClFO2. The van der Waals surface area contributed by atoms with Crippen molar-refractivity contribution in [3.05, 3.63) is 57.2 Å². The Bertz CT molecular complexity index is 527. The summed E-state index contributed by atoms with van der Waals surface area (Å²) in [6.45, 7) is 0. The summed E-state index contributed by atoms with van der Waals surface area (Å²) < 4.78 is 19.0. The lowest BCUT2D eigenvalue weighted by Crippen LogP contribution is -2.03. The van der Waals surface area contributed by atoms with Crippen molar-refractivity contribution in [3.8, 4) is 0 Å². The maximum atomic E-state index is 13.5. The minimum atomic E-state index is -0.821. The molecule has 0 aliphatic rings. The molecule has 0 aliphatic heterocycles. The molecule has 1 aromatic heterocycles. The Labute approximate surface area is 111 Å².